The maximum absolute atomic E-state index is 6.13. The number of benzene rings is 1. The Morgan fingerprint density at radius 3 is 2.44 bits per heavy atom. The normalized spacial score (nSPS) is 12.7. The van der Waals surface area contributed by atoms with Crippen molar-refractivity contribution in [1.29, 1.82) is 0 Å². The first kappa shape index (κ1) is 12.1. The Balaban J connectivity index is 2.08. The van der Waals surface area contributed by atoms with E-state index in [2.05, 4.69) is 28.1 Å². The molecule has 0 fully saturated rings. The summed E-state index contributed by atoms with van der Waals surface area (Å²) in [6.07, 6.45) is 0.859. The topological polar surface area (TPSA) is 26.0 Å². The summed E-state index contributed by atoms with van der Waals surface area (Å²) in [5, 5.41) is 0.745. The molecule has 1 unspecified atom stereocenters. The van der Waals surface area contributed by atoms with Crippen molar-refractivity contribution in [2.24, 2.45) is 5.73 Å². The van der Waals surface area contributed by atoms with E-state index in [1.54, 1.807) is 11.3 Å². The Morgan fingerprint density at radius 1 is 1.19 bits per heavy atom. The van der Waals surface area contributed by atoms with Crippen LogP contribution in [0, 0.1) is 0 Å². The minimum atomic E-state index is 0.0304. The van der Waals surface area contributed by atoms with Gasteiger partial charge in [-0.25, -0.2) is 0 Å². The quantitative estimate of drug-likeness (QED) is 0.892. The first-order chi connectivity index (χ1) is 7.65. The highest BCUT2D eigenvalue weighted by Crippen LogP contribution is 2.26. The Hall–Kier alpha value is -0.350. The molecule has 1 atom stereocenters. The van der Waals surface area contributed by atoms with E-state index in [9.17, 15) is 0 Å². The molecule has 0 saturated carbocycles. The zero-order valence-corrected chi connectivity index (χ0v) is 11.6. The van der Waals surface area contributed by atoms with Gasteiger partial charge in [-0.15, -0.1) is 11.3 Å². The number of hydrogen-bond donors (Lipinski definition) is 1. The van der Waals surface area contributed by atoms with Gasteiger partial charge in [0.15, 0.2) is 0 Å². The summed E-state index contributed by atoms with van der Waals surface area (Å²) >= 11 is 11.0. The summed E-state index contributed by atoms with van der Waals surface area (Å²) in [6, 6.07) is 11.9. The predicted octanol–water partition coefficient (Wildman–Crippen LogP) is 4.41. The van der Waals surface area contributed by atoms with Gasteiger partial charge in [-0.2, -0.15) is 0 Å². The van der Waals surface area contributed by atoms with Gasteiger partial charge in [0.25, 0.3) is 0 Å². The van der Waals surface area contributed by atoms with Crippen LogP contribution in [-0.4, -0.2) is 0 Å². The van der Waals surface area contributed by atoms with Crippen LogP contribution in [0.3, 0.4) is 0 Å². The average molecular weight is 317 g/mol. The van der Waals surface area contributed by atoms with Crippen LogP contribution in [0.2, 0.25) is 5.02 Å². The van der Waals surface area contributed by atoms with Crippen molar-refractivity contribution in [2.75, 3.05) is 0 Å². The molecule has 0 aliphatic carbocycles. The lowest BCUT2D eigenvalue weighted by Gasteiger charge is -2.10. The van der Waals surface area contributed by atoms with E-state index >= 15 is 0 Å². The lowest BCUT2D eigenvalue weighted by Crippen LogP contribution is -2.12. The third kappa shape index (κ3) is 3.08. The SMILES string of the molecule is NC(Cc1ccc(Br)s1)c1ccc(Cl)cc1. The molecule has 1 nitrogen and oxygen atoms in total. The van der Waals surface area contributed by atoms with Crippen LogP contribution < -0.4 is 5.73 Å². The highest BCUT2D eigenvalue weighted by Gasteiger charge is 2.08. The summed E-state index contributed by atoms with van der Waals surface area (Å²) in [6.45, 7) is 0. The van der Waals surface area contributed by atoms with Crippen molar-refractivity contribution in [1.82, 2.24) is 0 Å². The summed E-state index contributed by atoms with van der Waals surface area (Å²) in [5.74, 6) is 0. The van der Waals surface area contributed by atoms with Gasteiger partial charge in [0, 0.05) is 22.4 Å². The number of hydrogen-bond acceptors (Lipinski definition) is 2. The standard InChI is InChI=1S/C12H11BrClNS/c13-12-6-5-10(16-12)7-11(15)8-1-3-9(14)4-2-8/h1-6,11H,7,15H2. The zero-order valence-electron chi connectivity index (χ0n) is 8.49. The van der Waals surface area contributed by atoms with E-state index in [4.69, 9.17) is 17.3 Å². The smallest absolute Gasteiger partial charge is 0.0701 e. The molecule has 1 heterocycles. The van der Waals surface area contributed by atoms with Crippen LogP contribution in [-0.2, 0) is 6.42 Å². The number of halogens is 2. The van der Waals surface area contributed by atoms with Gasteiger partial charge in [0.1, 0.15) is 0 Å². The maximum atomic E-state index is 6.13. The van der Waals surface area contributed by atoms with E-state index in [0.717, 1.165) is 20.8 Å². The molecule has 0 saturated heterocycles. The molecule has 0 radical (unpaired) electrons. The van der Waals surface area contributed by atoms with E-state index < -0.39 is 0 Å². The summed E-state index contributed by atoms with van der Waals surface area (Å²) in [5.41, 5.74) is 7.25. The molecular weight excluding hydrogens is 306 g/mol. The summed E-state index contributed by atoms with van der Waals surface area (Å²) < 4.78 is 1.14. The average Bonchev–Trinajstić information content (AvgIpc) is 2.65. The molecule has 0 spiro atoms. The van der Waals surface area contributed by atoms with Crippen molar-refractivity contribution < 1.29 is 0 Å². The van der Waals surface area contributed by atoms with Crippen molar-refractivity contribution in [3.05, 3.63) is 55.6 Å². The van der Waals surface area contributed by atoms with E-state index in [0.29, 0.717) is 0 Å². The molecule has 0 aliphatic rings. The van der Waals surface area contributed by atoms with E-state index in [1.807, 2.05) is 24.3 Å². The van der Waals surface area contributed by atoms with Crippen LogP contribution >= 0.6 is 38.9 Å². The molecule has 2 N–H and O–H groups in total. The Labute approximate surface area is 112 Å². The minimum absolute atomic E-state index is 0.0304. The van der Waals surface area contributed by atoms with Crippen molar-refractivity contribution >= 4 is 38.9 Å². The fraction of sp³-hybridized carbons (Fsp3) is 0.167. The summed E-state index contributed by atoms with van der Waals surface area (Å²) in [4.78, 5) is 1.29. The fourth-order valence-electron chi connectivity index (χ4n) is 1.51. The first-order valence-electron chi connectivity index (χ1n) is 4.90. The van der Waals surface area contributed by atoms with E-state index in [-0.39, 0.29) is 6.04 Å². The third-order valence-electron chi connectivity index (χ3n) is 2.35. The van der Waals surface area contributed by atoms with Crippen LogP contribution in [0.15, 0.2) is 40.2 Å². The second-order valence-corrected chi connectivity index (χ2v) is 6.55. The van der Waals surface area contributed by atoms with Gasteiger partial charge >= 0.3 is 0 Å². The molecule has 1 aromatic carbocycles. The highest BCUT2D eigenvalue weighted by molar-refractivity contribution is 9.11. The second-order valence-electron chi connectivity index (χ2n) is 3.57. The van der Waals surface area contributed by atoms with Crippen molar-refractivity contribution in [3.8, 4) is 0 Å². The Bertz CT molecular complexity index is 466. The number of nitrogens with two attached hydrogens (primary N) is 1. The molecular formula is C12H11BrClNS. The monoisotopic (exact) mass is 315 g/mol. The van der Waals surface area contributed by atoms with Crippen LogP contribution in [0.25, 0.3) is 0 Å². The predicted molar refractivity (Wildman–Crippen MR) is 74.1 cm³/mol. The van der Waals surface area contributed by atoms with Gasteiger partial charge in [-0.3, -0.25) is 0 Å². The molecule has 1 aromatic heterocycles. The molecule has 0 amide bonds. The van der Waals surface area contributed by atoms with Gasteiger partial charge in [-0.05, 0) is 45.8 Å². The lowest BCUT2D eigenvalue weighted by atomic mass is 10.0. The van der Waals surface area contributed by atoms with E-state index in [1.165, 1.54) is 4.88 Å². The Kier molecular flexibility index (Phi) is 4.03. The zero-order chi connectivity index (χ0) is 11.5. The molecule has 2 aromatic rings. The van der Waals surface area contributed by atoms with Crippen molar-refractivity contribution in [3.63, 3.8) is 0 Å². The highest BCUT2D eigenvalue weighted by atomic mass is 79.9. The molecule has 0 bridgehead atoms. The second kappa shape index (κ2) is 5.32. The largest absolute Gasteiger partial charge is 0.324 e. The van der Waals surface area contributed by atoms with Crippen LogP contribution in [0.5, 0.6) is 0 Å². The van der Waals surface area contributed by atoms with Gasteiger partial charge in [0.2, 0.25) is 0 Å². The maximum Gasteiger partial charge on any atom is 0.0701 e. The molecule has 16 heavy (non-hydrogen) atoms. The molecule has 84 valence electrons. The number of thiophene rings is 1. The summed E-state index contributed by atoms with van der Waals surface area (Å²) in [7, 11) is 0. The van der Waals surface area contributed by atoms with Gasteiger partial charge in [0.05, 0.1) is 3.79 Å². The third-order valence-corrected chi connectivity index (χ3v) is 4.25. The molecule has 4 heteroatoms. The molecule has 0 aliphatic heterocycles. The Morgan fingerprint density at radius 2 is 1.88 bits per heavy atom. The van der Waals surface area contributed by atoms with Crippen molar-refractivity contribution in [2.45, 2.75) is 12.5 Å². The molecule has 2 rings (SSSR count). The first-order valence-corrected chi connectivity index (χ1v) is 6.89. The minimum Gasteiger partial charge on any atom is -0.324 e. The lowest BCUT2D eigenvalue weighted by molar-refractivity contribution is 0.730. The fourth-order valence-corrected chi connectivity index (χ4v) is 3.17. The number of rotatable bonds is 3. The van der Waals surface area contributed by atoms with Gasteiger partial charge in [-0.1, -0.05) is 23.7 Å². The van der Waals surface area contributed by atoms with Crippen LogP contribution in [0.4, 0.5) is 0 Å². The van der Waals surface area contributed by atoms with Gasteiger partial charge < -0.3 is 5.73 Å². The van der Waals surface area contributed by atoms with Crippen LogP contribution in [0.1, 0.15) is 16.5 Å².